The number of aliphatic hydroxyl groups excluding tert-OH is 1. The number of aromatic nitrogens is 3. The number of methoxy groups -OCH3 is 1. The largest absolute Gasteiger partial charge is 0.497 e. The Morgan fingerprint density at radius 3 is 2.56 bits per heavy atom. The van der Waals surface area contributed by atoms with E-state index in [9.17, 15) is 14.7 Å². The summed E-state index contributed by atoms with van der Waals surface area (Å²) in [5.41, 5.74) is 1.15. The van der Waals surface area contributed by atoms with Crippen molar-refractivity contribution in [2.45, 2.75) is 25.7 Å². The minimum absolute atomic E-state index is 0.113. The van der Waals surface area contributed by atoms with Crippen LogP contribution in [-0.2, 0) is 20.1 Å². The molecule has 32 heavy (non-hydrogen) atoms. The quantitative estimate of drug-likeness (QED) is 0.560. The molecule has 1 aromatic carbocycles. The molecule has 0 saturated carbocycles. The van der Waals surface area contributed by atoms with E-state index in [-0.39, 0.29) is 13.2 Å². The standard InChI is InChI=1S/C22H24ClN5O4/c1-26-20-18(21(30)27(22(26)31)10-3-11-29)28(13-16-7-6-15(23)12-24-16)19(25-20)14-4-8-17(32-2)9-5-14/h4-9,12,19,25,29H,3,10-11,13H2,1-2H3. The normalized spacial score (nSPS) is 14.9. The lowest BCUT2D eigenvalue weighted by Crippen LogP contribution is -2.41. The van der Waals surface area contributed by atoms with Gasteiger partial charge in [-0.2, -0.15) is 0 Å². The molecule has 0 saturated heterocycles. The second-order valence-electron chi connectivity index (χ2n) is 7.49. The van der Waals surface area contributed by atoms with Crippen molar-refractivity contribution >= 4 is 23.1 Å². The Morgan fingerprint density at radius 1 is 1.19 bits per heavy atom. The van der Waals surface area contributed by atoms with Gasteiger partial charge >= 0.3 is 5.69 Å². The number of benzene rings is 1. The molecule has 1 unspecified atom stereocenters. The van der Waals surface area contributed by atoms with Gasteiger partial charge in [-0.1, -0.05) is 23.7 Å². The Hall–Kier alpha value is -3.30. The third kappa shape index (κ3) is 3.96. The third-order valence-corrected chi connectivity index (χ3v) is 5.71. The number of aliphatic hydroxyl groups is 1. The lowest BCUT2D eigenvalue weighted by molar-refractivity contribution is 0.277. The SMILES string of the molecule is COc1ccc(C2Nc3c(c(=O)n(CCCO)c(=O)n3C)N2Cc2ccc(Cl)cn2)cc1. The second kappa shape index (κ2) is 9.05. The smallest absolute Gasteiger partial charge is 0.332 e. The van der Waals surface area contributed by atoms with Gasteiger partial charge in [-0.25, -0.2) is 4.79 Å². The number of nitrogens with one attached hydrogen (secondary N) is 1. The van der Waals surface area contributed by atoms with Crippen molar-refractivity contribution < 1.29 is 9.84 Å². The topological polar surface area (TPSA) is 102 Å². The molecule has 2 aromatic heterocycles. The van der Waals surface area contributed by atoms with Gasteiger partial charge in [-0.05, 0) is 36.2 Å². The van der Waals surface area contributed by atoms with Gasteiger partial charge in [-0.3, -0.25) is 18.9 Å². The molecule has 1 atom stereocenters. The molecule has 0 fully saturated rings. The molecule has 9 nitrogen and oxygen atoms in total. The Labute approximate surface area is 189 Å². The van der Waals surface area contributed by atoms with Crippen molar-refractivity contribution in [3.63, 3.8) is 0 Å². The first kappa shape index (κ1) is 21.9. The zero-order valence-corrected chi connectivity index (χ0v) is 18.5. The van der Waals surface area contributed by atoms with Crippen LogP contribution in [0.5, 0.6) is 5.75 Å². The van der Waals surface area contributed by atoms with Crippen LogP contribution in [0.15, 0.2) is 52.2 Å². The Kier molecular flexibility index (Phi) is 6.20. The molecule has 0 amide bonds. The number of anilines is 2. The molecule has 10 heteroatoms. The number of ether oxygens (including phenoxy) is 1. The summed E-state index contributed by atoms with van der Waals surface area (Å²) in [5.74, 6) is 1.16. The van der Waals surface area contributed by atoms with Crippen LogP contribution in [-0.4, -0.2) is 32.9 Å². The van der Waals surface area contributed by atoms with Crippen LogP contribution in [0.3, 0.4) is 0 Å². The van der Waals surface area contributed by atoms with E-state index in [1.807, 2.05) is 29.2 Å². The van der Waals surface area contributed by atoms with Crippen LogP contribution in [0.1, 0.15) is 23.8 Å². The van der Waals surface area contributed by atoms with E-state index in [1.54, 1.807) is 32.5 Å². The minimum Gasteiger partial charge on any atom is -0.497 e. The number of nitrogens with zero attached hydrogens (tertiary/aromatic N) is 4. The zero-order valence-electron chi connectivity index (χ0n) is 17.8. The van der Waals surface area contributed by atoms with Crippen molar-refractivity contribution in [2.24, 2.45) is 7.05 Å². The molecule has 4 rings (SSSR count). The number of halogens is 1. The molecular formula is C22H24ClN5O4. The highest BCUT2D eigenvalue weighted by molar-refractivity contribution is 6.30. The van der Waals surface area contributed by atoms with Crippen LogP contribution >= 0.6 is 11.6 Å². The van der Waals surface area contributed by atoms with Crippen LogP contribution in [0.25, 0.3) is 0 Å². The van der Waals surface area contributed by atoms with Gasteiger partial charge in [0, 0.05) is 26.4 Å². The summed E-state index contributed by atoms with van der Waals surface area (Å²) >= 11 is 5.98. The number of rotatable bonds is 7. The molecule has 3 aromatic rings. The van der Waals surface area contributed by atoms with Gasteiger partial charge in [0.15, 0.2) is 0 Å². The number of pyridine rings is 1. The fourth-order valence-electron chi connectivity index (χ4n) is 3.83. The fraction of sp³-hybridized carbons (Fsp3) is 0.318. The van der Waals surface area contributed by atoms with E-state index in [4.69, 9.17) is 16.3 Å². The monoisotopic (exact) mass is 457 g/mol. The fourth-order valence-corrected chi connectivity index (χ4v) is 3.94. The predicted octanol–water partition coefficient (Wildman–Crippen LogP) is 2.12. The summed E-state index contributed by atoms with van der Waals surface area (Å²) in [7, 11) is 3.22. The van der Waals surface area contributed by atoms with Crippen molar-refractivity contribution in [1.82, 2.24) is 14.1 Å². The van der Waals surface area contributed by atoms with Crippen molar-refractivity contribution in [3.05, 3.63) is 79.7 Å². The summed E-state index contributed by atoms with van der Waals surface area (Å²) in [6.07, 6.45) is 1.46. The number of hydrogen-bond donors (Lipinski definition) is 2. The molecule has 1 aliphatic heterocycles. The summed E-state index contributed by atoms with van der Waals surface area (Å²) in [6.45, 7) is 0.342. The van der Waals surface area contributed by atoms with E-state index in [1.165, 1.54) is 4.57 Å². The van der Waals surface area contributed by atoms with Gasteiger partial charge in [0.05, 0.1) is 24.4 Å². The molecule has 3 heterocycles. The average molecular weight is 458 g/mol. The molecule has 168 valence electrons. The number of hydrogen-bond acceptors (Lipinski definition) is 7. The van der Waals surface area contributed by atoms with Crippen LogP contribution in [0, 0.1) is 0 Å². The van der Waals surface area contributed by atoms with Crippen molar-refractivity contribution in [2.75, 3.05) is 23.9 Å². The summed E-state index contributed by atoms with van der Waals surface area (Å²) in [6, 6.07) is 11.1. The lowest BCUT2D eigenvalue weighted by atomic mass is 10.1. The minimum atomic E-state index is -0.436. The maximum atomic E-state index is 13.4. The Balaban J connectivity index is 1.84. The van der Waals surface area contributed by atoms with Crippen LogP contribution < -0.4 is 26.2 Å². The van der Waals surface area contributed by atoms with E-state index in [0.717, 1.165) is 15.8 Å². The highest BCUT2D eigenvalue weighted by Crippen LogP contribution is 2.39. The Morgan fingerprint density at radius 2 is 1.94 bits per heavy atom. The highest BCUT2D eigenvalue weighted by Gasteiger charge is 2.36. The third-order valence-electron chi connectivity index (χ3n) is 5.49. The van der Waals surface area contributed by atoms with Gasteiger partial charge in [-0.15, -0.1) is 0 Å². The molecule has 0 bridgehead atoms. The predicted molar refractivity (Wildman–Crippen MR) is 122 cm³/mol. The summed E-state index contributed by atoms with van der Waals surface area (Å²) < 4.78 is 7.85. The first-order valence-electron chi connectivity index (χ1n) is 10.2. The van der Waals surface area contributed by atoms with Crippen molar-refractivity contribution in [1.29, 1.82) is 0 Å². The molecule has 0 spiro atoms. The molecule has 2 N–H and O–H groups in total. The summed E-state index contributed by atoms with van der Waals surface area (Å²) in [4.78, 5) is 32.5. The maximum Gasteiger partial charge on any atom is 0.332 e. The van der Waals surface area contributed by atoms with Crippen LogP contribution in [0.4, 0.5) is 11.5 Å². The van der Waals surface area contributed by atoms with Crippen molar-refractivity contribution in [3.8, 4) is 5.75 Å². The van der Waals surface area contributed by atoms with E-state index in [2.05, 4.69) is 10.3 Å². The second-order valence-corrected chi connectivity index (χ2v) is 7.92. The maximum absolute atomic E-state index is 13.4. The number of fused-ring (bicyclic) bond motifs is 1. The lowest BCUT2D eigenvalue weighted by Gasteiger charge is -2.26. The Bertz CT molecular complexity index is 1220. The molecular weight excluding hydrogens is 434 g/mol. The molecule has 1 aliphatic rings. The van der Waals surface area contributed by atoms with Gasteiger partial charge in [0.2, 0.25) is 0 Å². The average Bonchev–Trinajstić information content (AvgIpc) is 3.18. The van der Waals surface area contributed by atoms with E-state index < -0.39 is 17.4 Å². The summed E-state index contributed by atoms with van der Waals surface area (Å²) in [5, 5.41) is 13.1. The highest BCUT2D eigenvalue weighted by atomic mass is 35.5. The van der Waals surface area contributed by atoms with Gasteiger partial charge < -0.3 is 20.1 Å². The molecule has 0 radical (unpaired) electrons. The van der Waals surface area contributed by atoms with Crippen LogP contribution in [0.2, 0.25) is 5.02 Å². The first-order chi connectivity index (χ1) is 15.4. The van der Waals surface area contributed by atoms with Gasteiger partial charge in [0.1, 0.15) is 23.4 Å². The van der Waals surface area contributed by atoms with E-state index in [0.29, 0.717) is 35.2 Å². The first-order valence-corrected chi connectivity index (χ1v) is 10.5. The molecule has 0 aliphatic carbocycles. The zero-order chi connectivity index (χ0) is 22.8. The van der Waals surface area contributed by atoms with Gasteiger partial charge in [0.25, 0.3) is 5.56 Å². The van der Waals surface area contributed by atoms with E-state index >= 15 is 0 Å².